The highest BCUT2D eigenvalue weighted by Crippen LogP contribution is 2.18. The van der Waals surface area contributed by atoms with Crippen molar-refractivity contribution in [1.82, 2.24) is 4.98 Å². The van der Waals surface area contributed by atoms with Gasteiger partial charge < -0.3 is 15.5 Å². The Bertz CT molecular complexity index is 514. The van der Waals surface area contributed by atoms with Crippen LogP contribution in [0.3, 0.4) is 0 Å². The Morgan fingerprint density at radius 3 is 2.72 bits per heavy atom. The average molecular weight is 291 g/mol. The lowest BCUT2D eigenvalue weighted by Crippen LogP contribution is -2.33. The highest BCUT2D eigenvalue weighted by molar-refractivity contribution is 5.86. The quantitative estimate of drug-likeness (QED) is 0.850. The van der Waals surface area contributed by atoms with Crippen molar-refractivity contribution in [2.75, 3.05) is 7.11 Å². The molecule has 1 heterocycles. The number of H-pyrrole nitrogens is 1. The lowest BCUT2D eigenvalue weighted by molar-refractivity contribution is -0.142. The summed E-state index contributed by atoms with van der Waals surface area (Å²) in [6.07, 6.45) is 2.37. The molecule has 0 saturated carbocycles. The van der Waals surface area contributed by atoms with Gasteiger partial charge in [0.15, 0.2) is 0 Å². The summed E-state index contributed by atoms with van der Waals surface area (Å²) in [5.74, 6) is -0.384. The Balaban J connectivity index is 0.00000144. The molecule has 0 saturated heterocycles. The summed E-state index contributed by atoms with van der Waals surface area (Å²) in [4.78, 5) is 14.4. The molecule has 0 aliphatic carbocycles. The zero-order chi connectivity index (χ0) is 11.5. The van der Waals surface area contributed by atoms with Gasteiger partial charge in [-0.3, -0.25) is 4.79 Å². The Morgan fingerprint density at radius 1 is 1.39 bits per heavy atom. The molecule has 0 spiro atoms. The van der Waals surface area contributed by atoms with Gasteiger partial charge >= 0.3 is 5.97 Å². The average Bonchev–Trinajstić information content (AvgIpc) is 2.72. The number of nitrogens with one attached hydrogen (secondary N) is 1. The number of benzene rings is 1. The Morgan fingerprint density at radius 2 is 2.06 bits per heavy atom. The summed E-state index contributed by atoms with van der Waals surface area (Å²) < 4.78 is 4.60. The van der Waals surface area contributed by atoms with Gasteiger partial charge in [0.2, 0.25) is 0 Å². The number of halogens is 2. The Kier molecular flexibility index (Phi) is 6.76. The Hall–Kier alpha value is -1.23. The molecule has 0 unspecified atom stereocenters. The number of hydrogen-bond acceptors (Lipinski definition) is 3. The van der Waals surface area contributed by atoms with Crippen molar-refractivity contribution in [1.29, 1.82) is 0 Å². The summed E-state index contributed by atoms with van der Waals surface area (Å²) in [5, 5.41) is 1.10. The van der Waals surface area contributed by atoms with Crippen molar-refractivity contribution in [3.63, 3.8) is 0 Å². The van der Waals surface area contributed by atoms with Gasteiger partial charge in [-0.2, -0.15) is 0 Å². The number of rotatable bonds is 3. The van der Waals surface area contributed by atoms with E-state index in [0.29, 0.717) is 6.42 Å². The first-order valence-electron chi connectivity index (χ1n) is 5.11. The smallest absolute Gasteiger partial charge is 0.322 e. The van der Waals surface area contributed by atoms with Crippen LogP contribution in [0.2, 0.25) is 0 Å². The van der Waals surface area contributed by atoms with Crippen molar-refractivity contribution < 1.29 is 9.53 Å². The van der Waals surface area contributed by atoms with Gasteiger partial charge in [0.25, 0.3) is 0 Å². The van der Waals surface area contributed by atoms with Crippen LogP contribution < -0.4 is 5.73 Å². The van der Waals surface area contributed by atoms with Crippen LogP contribution in [0, 0.1) is 0 Å². The number of ether oxygens (including phenoxy) is 1. The summed E-state index contributed by atoms with van der Waals surface area (Å²) in [7, 11) is 1.34. The second-order valence-electron chi connectivity index (χ2n) is 3.69. The molecular formula is C12H16Cl2N2O2. The first-order valence-corrected chi connectivity index (χ1v) is 5.11. The minimum atomic E-state index is -0.607. The number of esters is 1. The van der Waals surface area contributed by atoms with Gasteiger partial charge in [-0.15, -0.1) is 24.8 Å². The molecule has 18 heavy (non-hydrogen) atoms. The zero-order valence-corrected chi connectivity index (χ0v) is 11.5. The van der Waals surface area contributed by atoms with Crippen molar-refractivity contribution in [3.8, 4) is 0 Å². The first-order chi connectivity index (χ1) is 7.72. The number of para-hydroxylation sites is 1. The maximum absolute atomic E-state index is 11.2. The van der Waals surface area contributed by atoms with Crippen LogP contribution in [0.15, 0.2) is 30.5 Å². The lowest BCUT2D eigenvalue weighted by atomic mass is 10.1. The predicted octanol–water partition coefficient (Wildman–Crippen LogP) is 2.05. The van der Waals surface area contributed by atoms with Crippen LogP contribution in [0.4, 0.5) is 0 Å². The molecule has 0 bridgehead atoms. The third-order valence-corrected chi connectivity index (χ3v) is 2.62. The van der Waals surface area contributed by atoms with E-state index in [2.05, 4.69) is 9.72 Å². The molecule has 2 rings (SSSR count). The Labute approximate surface area is 118 Å². The fourth-order valence-electron chi connectivity index (χ4n) is 1.77. The highest BCUT2D eigenvalue weighted by Gasteiger charge is 2.16. The molecule has 1 aromatic heterocycles. The molecule has 6 heteroatoms. The number of aromatic nitrogens is 1. The van der Waals surface area contributed by atoms with Gasteiger partial charge in [0.1, 0.15) is 6.04 Å². The van der Waals surface area contributed by atoms with Gasteiger partial charge in [0.05, 0.1) is 7.11 Å². The van der Waals surface area contributed by atoms with Crippen LogP contribution in [0.5, 0.6) is 0 Å². The molecule has 3 N–H and O–H groups in total. The minimum absolute atomic E-state index is 0. The van der Waals surface area contributed by atoms with E-state index in [1.54, 1.807) is 0 Å². The summed E-state index contributed by atoms with van der Waals surface area (Å²) in [5.41, 5.74) is 7.81. The topological polar surface area (TPSA) is 68.1 Å². The minimum Gasteiger partial charge on any atom is -0.468 e. The third-order valence-electron chi connectivity index (χ3n) is 2.62. The maximum atomic E-state index is 11.2. The van der Waals surface area contributed by atoms with Gasteiger partial charge in [0, 0.05) is 23.5 Å². The van der Waals surface area contributed by atoms with Gasteiger partial charge in [-0.05, 0) is 11.6 Å². The van der Waals surface area contributed by atoms with E-state index in [9.17, 15) is 4.79 Å². The second kappa shape index (κ2) is 7.26. The van der Waals surface area contributed by atoms with Crippen molar-refractivity contribution in [2.24, 2.45) is 5.73 Å². The van der Waals surface area contributed by atoms with E-state index in [0.717, 1.165) is 16.5 Å². The summed E-state index contributed by atoms with van der Waals surface area (Å²) >= 11 is 0. The summed E-state index contributed by atoms with van der Waals surface area (Å²) in [6, 6.07) is 7.31. The van der Waals surface area contributed by atoms with E-state index in [1.165, 1.54) is 7.11 Å². The van der Waals surface area contributed by atoms with Crippen LogP contribution in [0.1, 0.15) is 5.56 Å². The monoisotopic (exact) mass is 290 g/mol. The number of carbonyl (C=O) groups excluding carboxylic acids is 1. The summed E-state index contributed by atoms with van der Waals surface area (Å²) in [6.45, 7) is 0. The fourth-order valence-corrected chi connectivity index (χ4v) is 1.77. The SMILES string of the molecule is COC(=O)[C@@H](N)Cc1c[nH]c2ccccc12.Cl.Cl. The van der Waals surface area contributed by atoms with Crippen molar-refractivity contribution >= 4 is 41.7 Å². The van der Waals surface area contributed by atoms with E-state index >= 15 is 0 Å². The fraction of sp³-hybridized carbons (Fsp3) is 0.250. The van der Waals surface area contributed by atoms with Crippen LogP contribution in [-0.4, -0.2) is 24.1 Å². The van der Waals surface area contributed by atoms with Crippen molar-refractivity contribution in [3.05, 3.63) is 36.0 Å². The number of aromatic amines is 1. The number of fused-ring (bicyclic) bond motifs is 1. The van der Waals surface area contributed by atoms with Crippen molar-refractivity contribution in [2.45, 2.75) is 12.5 Å². The van der Waals surface area contributed by atoms with Gasteiger partial charge in [-0.25, -0.2) is 0 Å². The molecule has 100 valence electrons. The molecule has 0 aliphatic heterocycles. The van der Waals surface area contributed by atoms with E-state index < -0.39 is 6.04 Å². The maximum Gasteiger partial charge on any atom is 0.322 e. The molecule has 0 fully saturated rings. The molecular weight excluding hydrogens is 275 g/mol. The molecule has 0 amide bonds. The van der Waals surface area contributed by atoms with Gasteiger partial charge in [-0.1, -0.05) is 18.2 Å². The number of carbonyl (C=O) groups is 1. The standard InChI is InChI=1S/C12H14N2O2.2ClH/c1-16-12(15)10(13)6-8-7-14-11-5-3-2-4-9(8)11;;/h2-5,7,10,14H,6,13H2,1H3;2*1H/t10-;;/m0../s1. The predicted molar refractivity (Wildman–Crippen MR) is 76.5 cm³/mol. The van der Waals surface area contributed by atoms with E-state index in [1.807, 2.05) is 30.5 Å². The zero-order valence-electron chi connectivity index (χ0n) is 9.88. The van der Waals surface area contributed by atoms with Crippen LogP contribution in [0.25, 0.3) is 10.9 Å². The van der Waals surface area contributed by atoms with Crippen LogP contribution in [-0.2, 0) is 16.0 Å². The van der Waals surface area contributed by atoms with E-state index in [-0.39, 0.29) is 30.8 Å². The molecule has 1 aromatic carbocycles. The molecule has 0 radical (unpaired) electrons. The highest BCUT2D eigenvalue weighted by atomic mass is 35.5. The first kappa shape index (κ1) is 16.8. The largest absolute Gasteiger partial charge is 0.468 e. The lowest BCUT2D eigenvalue weighted by Gasteiger charge is -2.07. The number of nitrogens with two attached hydrogens (primary N) is 1. The molecule has 1 atom stereocenters. The normalized spacial score (nSPS) is 11.2. The second-order valence-corrected chi connectivity index (χ2v) is 3.69. The van der Waals surface area contributed by atoms with E-state index in [4.69, 9.17) is 5.73 Å². The third kappa shape index (κ3) is 3.38. The molecule has 4 nitrogen and oxygen atoms in total. The molecule has 2 aromatic rings. The number of methoxy groups -OCH3 is 1. The number of hydrogen-bond donors (Lipinski definition) is 2. The van der Waals surface area contributed by atoms with Crippen LogP contribution >= 0.6 is 24.8 Å². The molecule has 0 aliphatic rings.